The number of aromatic nitrogens is 3. The van der Waals surface area contributed by atoms with Crippen LogP contribution in [0.1, 0.15) is 13.8 Å². The van der Waals surface area contributed by atoms with Gasteiger partial charge in [0, 0.05) is 13.1 Å². The van der Waals surface area contributed by atoms with Crippen molar-refractivity contribution in [2.75, 3.05) is 13.1 Å². The van der Waals surface area contributed by atoms with E-state index in [0.29, 0.717) is 24.0 Å². The molecule has 1 amide bonds. The third kappa shape index (κ3) is 2.62. The molecule has 0 aliphatic heterocycles. The van der Waals surface area contributed by atoms with Crippen LogP contribution in [-0.4, -0.2) is 38.9 Å². The van der Waals surface area contributed by atoms with Crippen molar-refractivity contribution in [2.45, 2.75) is 20.4 Å². The van der Waals surface area contributed by atoms with Crippen LogP contribution in [0.15, 0.2) is 29.1 Å². The lowest BCUT2D eigenvalue weighted by Crippen LogP contribution is -2.37. The molecular weight excluding hydrogens is 244 g/mol. The molecule has 19 heavy (non-hydrogen) atoms. The maximum atomic E-state index is 12.2. The van der Waals surface area contributed by atoms with Gasteiger partial charge in [0.05, 0.1) is 5.39 Å². The molecule has 0 saturated heterocycles. The number of hydrogen-bond donors (Lipinski definition) is 0. The van der Waals surface area contributed by atoms with Crippen LogP contribution in [0, 0.1) is 0 Å². The van der Waals surface area contributed by atoms with E-state index in [9.17, 15) is 9.59 Å². The second-order valence-electron chi connectivity index (χ2n) is 4.14. The smallest absolute Gasteiger partial charge is 0.278 e. The highest BCUT2D eigenvalue weighted by atomic mass is 16.2. The van der Waals surface area contributed by atoms with Crippen LogP contribution in [-0.2, 0) is 11.3 Å². The molecule has 0 radical (unpaired) electrons. The fourth-order valence-corrected chi connectivity index (χ4v) is 1.93. The average molecular weight is 260 g/mol. The van der Waals surface area contributed by atoms with Crippen LogP contribution in [0.3, 0.4) is 0 Å². The molecule has 0 spiro atoms. The van der Waals surface area contributed by atoms with Crippen LogP contribution in [0.4, 0.5) is 0 Å². The first-order valence-corrected chi connectivity index (χ1v) is 6.27. The van der Waals surface area contributed by atoms with Gasteiger partial charge in [0.1, 0.15) is 12.1 Å². The number of carbonyl (C=O) groups is 1. The number of rotatable bonds is 4. The second-order valence-corrected chi connectivity index (χ2v) is 4.14. The van der Waals surface area contributed by atoms with Crippen molar-refractivity contribution in [3.8, 4) is 0 Å². The van der Waals surface area contributed by atoms with Gasteiger partial charge >= 0.3 is 0 Å². The molecule has 0 bridgehead atoms. The van der Waals surface area contributed by atoms with Gasteiger partial charge in [-0.25, -0.2) is 4.68 Å². The van der Waals surface area contributed by atoms with Crippen molar-refractivity contribution in [1.29, 1.82) is 0 Å². The van der Waals surface area contributed by atoms with E-state index in [1.165, 1.54) is 0 Å². The molecule has 2 rings (SSSR count). The topological polar surface area (TPSA) is 68.1 Å². The lowest BCUT2D eigenvalue weighted by atomic mass is 10.2. The van der Waals surface area contributed by atoms with Crippen molar-refractivity contribution in [3.63, 3.8) is 0 Å². The van der Waals surface area contributed by atoms with Crippen molar-refractivity contribution in [3.05, 3.63) is 34.6 Å². The van der Waals surface area contributed by atoms with E-state index in [1.807, 2.05) is 13.8 Å². The largest absolute Gasteiger partial charge is 0.342 e. The summed E-state index contributed by atoms with van der Waals surface area (Å²) >= 11 is 0. The van der Waals surface area contributed by atoms with Gasteiger partial charge in [0.2, 0.25) is 5.91 Å². The highest BCUT2D eigenvalue weighted by Gasteiger charge is 2.13. The van der Waals surface area contributed by atoms with Gasteiger partial charge in [-0.15, -0.1) is 5.10 Å². The Balaban J connectivity index is 2.34. The lowest BCUT2D eigenvalue weighted by Gasteiger charge is -2.18. The molecular formula is C13H16N4O2. The number of fused-ring (bicyclic) bond motifs is 1. The summed E-state index contributed by atoms with van der Waals surface area (Å²) in [7, 11) is 0. The van der Waals surface area contributed by atoms with Crippen LogP contribution >= 0.6 is 0 Å². The molecule has 6 heteroatoms. The molecule has 0 fully saturated rings. The molecule has 1 heterocycles. The van der Waals surface area contributed by atoms with Crippen LogP contribution in [0.5, 0.6) is 0 Å². The van der Waals surface area contributed by atoms with Crippen LogP contribution in [0.25, 0.3) is 10.9 Å². The fourth-order valence-electron chi connectivity index (χ4n) is 1.93. The number of likely N-dealkylation sites (N-methyl/N-ethyl adjacent to an activating group) is 1. The van der Waals surface area contributed by atoms with Crippen molar-refractivity contribution in [1.82, 2.24) is 19.9 Å². The summed E-state index contributed by atoms with van der Waals surface area (Å²) in [6.45, 7) is 4.96. The molecule has 0 atom stereocenters. The molecule has 6 nitrogen and oxygen atoms in total. The SMILES string of the molecule is CCN(CC)C(=O)Cn1nnc2ccccc2c1=O. The minimum atomic E-state index is -0.286. The lowest BCUT2D eigenvalue weighted by molar-refractivity contribution is -0.131. The summed E-state index contributed by atoms with van der Waals surface area (Å²) in [5.41, 5.74) is 0.255. The van der Waals surface area contributed by atoms with Crippen molar-refractivity contribution >= 4 is 16.8 Å². The first-order valence-electron chi connectivity index (χ1n) is 6.27. The predicted molar refractivity (Wildman–Crippen MR) is 71.7 cm³/mol. The number of nitrogens with zero attached hydrogens (tertiary/aromatic N) is 4. The number of amides is 1. The Morgan fingerprint density at radius 3 is 2.63 bits per heavy atom. The van der Waals surface area contributed by atoms with Gasteiger partial charge in [0.25, 0.3) is 5.56 Å². The zero-order valence-corrected chi connectivity index (χ0v) is 11.0. The predicted octanol–water partition coefficient (Wildman–Crippen LogP) is 0.660. The molecule has 2 aromatic rings. The molecule has 1 aromatic carbocycles. The van der Waals surface area contributed by atoms with Crippen molar-refractivity contribution < 1.29 is 4.79 Å². The van der Waals surface area contributed by atoms with Gasteiger partial charge < -0.3 is 4.90 Å². The van der Waals surface area contributed by atoms with E-state index >= 15 is 0 Å². The zero-order chi connectivity index (χ0) is 13.8. The summed E-state index contributed by atoms with van der Waals surface area (Å²) in [5, 5.41) is 8.23. The first-order chi connectivity index (χ1) is 9.17. The molecule has 1 aromatic heterocycles. The Hall–Kier alpha value is -2.24. The molecule has 100 valence electrons. The highest BCUT2D eigenvalue weighted by molar-refractivity contribution is 5.78. The first kappa shape index (κ1) is 13.2. The molecule has 0 saturated carbocycles. The zero-order valence-electron chi connectivity index (χ0n) is 11.0. The summed E-state index contributed by atoms with van der Waals surface area (Å²) in [5.74, 6) is -0.128. The van der Waals surface area contributed by atoms with Gasteiger partial charge in [-0.1, -0.05) is 17.3 Å². The Morgan fingerprint density at radius 1 is 1.26 bits per heavy atom. The van der Waals surface area contributed by atoms with Crippen LogP contribution in [0.2, 0.25) is 0 Å². The van der Waals surface area contributed by atoms with Gasteiger partial charge in [-0.3, -0.25) is 9.59 Å². The van der Waals surface area contributed by atoms with E-state index in [2.05, 4.69) is 10.3 Å². The van der Waals surface area contributed by atoms with E-state index < -0.39 is 0 Å². The average Bonchev–Trinajstić information content (AvgIpc) is 2.43. The van der Waals surface area contributed by atoms with E-state index in [0.717, 1.165) is 4.68 Å². The quantitative estimate of drug-likeness (QED) is 0.810. The Labute approximate surface area is 110 Å². The maximum absolute atomic E-state index is 12.2. The van der Waals surface area contributed by atoms with Gasteiger partial charge in [0.15, 0.2) is 0 Å². The molecule has 0 N–H and O–H groups in total. The molecule has 0 unspecified atom stereocenters. The summed E-state index contributed by atoms with van der Waals surface area (Å²) in [6.07, 6.45) is 0. The summed E-state index contributed by atoms with van der Waals surface area (Å²) in [4.78, 5) is 25.8. The number of carbonyl (C=O) groups excluding carboxylic acids is 1. The minimum absolute atomic E-state index is 0.0711. The number of hydrogen-bond acceptors (Lipinski definition) is 4. The van der Waals surface area contributed by atoms with Crippen molar-refractivity contribution in [2.24, 2.45) is 0 Å². The normalized spacial score (nSPS) is 10.6. The fraction of sp³-hybridized carbons (Fsp3) is 0.385. The summed E-state index contributed by atoms with van der Waals surface area (Å²) in [6, 6.07) is 6.97. The Kier molecular flexibility index (Phi) is 3.89. The standard InChI is InChI=1S/C13H16N4O2/c1-3-16(4-2)12(18)9-17-13(19)10-7-5-6-8-11(10)14-15-17/h5-8H,3-4,9H2,1-2H3. The van der Waals surface area contributed by atoms with Gasteiger partial charge in [-0.05, 0) is 26.0 Å². The number of benzene rings is 1. The van der Waals surface area contributed by atoms with E-state index in [1.54, 1.807) is 29.2 Å². The van der Waals surface area contributed by atoms with Crippen LogP contribution < -0.4 is 5.56 Å². The van der Waals surface area contributed by atoms with E-state index in [-0.39, 0.29) is 18.0 Å². The molecule has 0 aliphatic rings. The van der Waals surface area contributed by atoms with Gasteiger partial charge in [-0.2, -0.15) is 0 Å². The Morgan fingerprint density at radius 2 is 1.95 bits per heavy atom. The minimum Gasteiger partial charge on any atom is -0.342 e. The monoisotopic (exact) mass is 260 g/mol. The Bertz CT molecular complexity index is 646. The highest BCUT2D eigenvalue weighted by Crippen LogP contribution is 2.03. The summed E-state index contributed by atoms with van der Waals surface area (Å²) < 4.78 is 1.11. The molecule has 0 aliphatic carbocycles. The maximum Gasteiger partial charge on any atom is 0.278 e. The third-order valence-corrected chi connectivity index (χ3v) is 3.03. The third-order valence-electron chi connectivity index (χ3n) is 3.03. The van der Waals surface area contributed by atoms with E-state index in [4.69, 9.17) is 0 Å². The second kappa shape index (κ2) is 5.60.